The van der Waals surface area contributed by atoms with Crippen LogP contribution in [0.5, 0.6) is 0 Å². The SMILES string of the molecule is Cc1cc(C(=O)NCC2CC2(C)C)cc(S(=O)(=O)Cl)c1Cl. The van der Waals surface area contributed by atoms with Crippen molar-refractivity contribution in [2.75, 3.05) is 6.54 Å². The number of carbonyl (C=O) groups is 1. The highest BCUT2D eigenvalue weighted by molar-refractivity contribution is 8.13. The third kappa shape index (κ3) is 3.71. The third-order valence-electron chi connectivity index (χ3n) is 3.97. The molecule has 0 heterocycles. The largest absolute Gasteiger partial charge is 0.352 e. The van der Waals surface area contributed by atoms with Crippen molar-refractivity contribution in [3.8, 4) is 0 Å². The molecule has 0 bridgehead atoms. The number of amides is 1. The summed E-state index contributed by atoms with van der Waals surface area (Å²) < 4.78 is 23.0. The van der Waals surface area contributed by atoms with Crippen LogP contribution in [0, 0.1) is 18.3 Å². The van der Waals surface area contributed by atoms with Crippen LogP contribution in [-0.4, -0.2) is 20.9 Å². The fourth-order valence-corrected chi connectivity index (χ4v) is 3.83. The number of nitrogens with one attached hydrogen (secondary N) is 1. The number of benzene rings is 1. The molecule has 1 saturated carbocycles. The Morgan fingerprint density at radius 2 is 2.00 bits per heavy atom. The molecule has 7 heteroatoms. The van der Waals surface area contributed by atoms with Crippen molar-refractivity contribution in [2.45, 2.75) is 32.1 Å². The summed E-state index contributed by atoms with van der Waals surface area (Å²) in [5.41, 5.74) is 1.01. The maximum absolute atomic E-state index is 12.1. The van der Waals surface area contributed by atoms with Crippen LogP contribution in [0.2, 0.25) is 5.02 Å². The zero-order chi connectivity index (χ0) is 16.0. The van der Waals surface area contributed by atoms with Crippen LogP contribution in [0.3, 0.4) is 0 Å². The van der Waals surface area contributed by atoms with Crippen molar-refractivity contribution >= 4 is 37.2 Å². The average Bonchev–Trinajstić information content (AvgIpc) is 2.95. The summed E-state index contributed by atoms with van der Waals surface area (Å²) in [7, 11) is 1.35. The van der Waals surface area contributed by atoms with Crippen LogP contribution >= 0.6 is 22.3 Å². The molecule has 0 radical (unpaired) electrons. The zero-order valence-electron chi connectivity index (χ0n) is 12.0. The fourth-order valence-electron chi connectivity index (χ4n) is 2.29. The van der Waals surface area contributed by atoms with Gasteiger partial charge in [-0.1, -0.05) is 25.4 Å². The molecule has 1 N–H and O–H groups in total. The summed E-state index contributed by atoms with van der Waals surface area (Å²) >= 11 is 5.93. The van der Waals surface area contributed by atoms with Gasteiger partial charge in [-0.2, -0.15) is 0 Å². The Morgan fingerprint density at radius 1 is 1.43 bits per heavy atom. The van der Waals surface area contributed by atoms with E-state index in [4.69, 9.17) is 22.3 Å². The highest BCUT2D eigenvalue weighted by Gasteiger charge is 2.45. The van der Waals surface area contributed by atoms with Crippen molar-refractivity contribution in [1.29, 1.82) is 0 Å². The summed E-state index contributed by atoms with van der Waals surface area (Å²) in [6.45, 7) is 6.51. The summed E-state index contributed by atoms with van der Waals surface area (Å²) in [5, 5.41) is 2.87. The molecule has 0 aromatic heterocycles. The standard InChI is InChI=1S/C14H17Cl2NO3S/c1-8-4-9(5-11(12(8)15)21(16,19)20)13(18)17-7-10-6-14(10,2)3/h4-5,10H,6-7H2,1-3H3,(H,17,18). The summed E-state index contributed by atoms with van der Waals surface area (Å²) in [5.74, 6) is 0.144. The second-order valence-electron chi connectivity index (χ2n) is 6.14. The monoisotopic (exact) mass is 349 g/mol. The lowest BCUT2D eigenvalue weighted by Crippen LogP contribution is -2.26. The van der Waals surface area contributed by atoms with Gasteiger partial charge in [0, 0.05) is 22.8 Å². The lowest BCUT2D eigenvalue weighted by Gasteiger charge is -2.10. The van der Waals surface area contributed by atoms with E-state index in [0.29, 0.717) is 18.0 Å². The molecule has 1 aromatic rings. The molecule has 0 aliphatic heterocycles. The number of halogens is 2. The number of rotatable bonds is 4. The summed E-state index contributed by atoms with van der Waals surface area (Å²) in [4.78, 5) is 11.9. The summed E-state index contributed by atoms with van der Waals surface area (Å²) in [6, 6.07) is 2.77. The maximum Gasteiger partial charge on any atom is 0.262 e. The highest BCUT2D eigenvalue weighted by atomic mass is 35.7. The second-order valence-corrected chi connectivity index (χ2v) is 9.06. The molecule has 1 aliphatic rings. The van der Waals surface area contributed by atoms with Gasteiger partial charge in [0.05, 0.1) is 5.02 Å². The fraction of sp³-hybridized carbons (Fsp3) is 0.500. The molecule has 1 fully saturated rings. The predicted octanol–water partition coefficient (Wildman–Crippen LogP) is 3.35. The van der Waals surface area contributed by atoms with E-state index in [0.717, 1.165) is 6.42 Å². The molecule has 2 rings (SSSR count). The average molecular weight is 350 g/mol. The van der Waals surface area contributed by atoms with E-state index in [1.807, 2.05) is 0 Å². The minimum absolute atomic E-state index is 0.0462. The van der Waals surface area contributed by atoms with Crippen LogP contribution in [0.4, 0.5) is 0 Å². The first kappa shape index (κ1) is 16.6. The molecule has 1 aliphatic carbocycles. The molecule has 21 heavy (non-hydrogen) atoms. The third-order valence-corrected chi connectivity index (χ3v) is 5.93. The first-order valence-corrected chi connectivity index (χ1v) is 9.24. The minimum atomic E-state index is -3.99. The second kappa shape index (κ2) is 5.45. The van der Waals surface area contributed by atoms with E-state index >= 15 is 0 Å². The molecule has 0 saturated heterocycles. The van der Waals surface area contributed by atoms with E-state index < -0.39 is 9.05 Å². The number of hydrogen-bond donors (Lipinski definition) is 1. The van der Waals surface area contributed by atoms with Gasteiger partial charge in [-0.05, 0) is 42.4 Å². The molecule has 1 unspecified atom stereocenters. The molecule has 116 valence electrons. The van der Waals surface area contributed by atoms with Crippen LogP contribution in [0.15, 0.2) is 17.0 Å². The van der Waals surface area contributed by atoms with Gasteiger partial charge in [0.1, 0.15) is 4.90 Å². The van der Waals surface area contributed by atoms with Crippen molar-refractivity contribution in [2.24, 2.45) is 11.3 Å². The van der Waals surface area contributed by atoms with Crippen molar-refractivity contribution in [3.05, 3.63) is 28.3 Å². The van der Waals surface area contributed by atoms with Crippen LogP contribution in [-0.2, 0) is 9.05 Å². The Balaban J connectivity index is 2.20. The van der Waals surface area contributed by atoms with E-state index in [1.54, 1.807) is 13.0 Å². The Labute approximate surface area is 134 Å². The van der Waals surface area contributed by atoms with E-state index in [2.05, 4.69) is 19.2 Å². The first-order valence-electron chi connectivity index (χ1n) is 6.55. The first-order chi connectivity index (χ1) is 9.52. The van der Waals surface area contributed by atoms with E-state index in [9.17, 15) is 13.2 Å². The van der Waals surface area contributed by atoms with Gasteiger partial charge in [-0.3, -0.25) is 4.79 Å². The Bertz CT molecular complexity index is 698. The quantitative estimate of drug-likeness (QED) is 0.847. The van der Waals surface area contributed by atoms with Crippen LogP contribution in [0.25, 0.3) is 0 Å². The van der Waals surface area contributed by atoms with Crippen molar-refractivity contribution in [3.63, 3.8) is 0 Å². The smallest absolute Gasteiger partial charge is 0.262 e. The van der Waals surface area contributed by atoms with Gasteiger partial charge in [-0.25, -0.2) is 8.42 Å². The number of carbonyl (C=O) groups excluding carboxylic acids is 1. The molecule has 0 spiro atoms. The molecule has 4 nitrogen and oxygen atoms in total. The Kier molecular flexibility index (Phi) is 4.30. The number of aryl methyl sites for hydroxylation is 1. The lowest BCUT2D eigenvalue weighted by atomic mass is 10.1. The molecule has 1 atom stereocenters. The van der Waals surface area contributed by atoms with Gasteiger partial charge in [0.2, 0.25) is 0 Å². The molecular formula is C14H17Cl2NO3S. The topological polar surface area (TPSA) is 63.2 Å². The zero-order valence-corrected chi connectivity index (χ0v) is 14.4. The van der Waals surface area contributed by atoms with Gasteiger partial charge in [0.25, 0.3) is 15.0 Å². The summed E-state index contributed by atoms with van der Waals surface area (Å²) in [6.07, 6.45) is 1.08. The normalized spacial score (nSPS) is 20.1. The van der Waals surface area contributed by atoms with E-state index in [1.165, 1.54) is 6.07 Å². The minimum Gasteiger partial charge on any atom is -0.352 e. The van der Waals surface area contributed by atoms with Crippen LogP contribution in [0.1, 0.15) is 36.2 Å². The highest BCUT2D eigenvalue weighted by Crippen LogP contribution is 2.51. The maximum atomic E-state index is 12.1. The molecule has 1 amide bonds. The predicted molar refractivity (Wildman–Crippen MR) is 83.4 cm³/mol. The van der Waals surface area contributed by atoms with Gasteiger partial charge >= 0.3 is 0 Å². The van der Waals surface area contributed by atoms with Crippen molar-refractivity contribution < 1.29 is 13.2 Å². The van der Waals surface area contributed by atoms with E-state index in [-0.39, 0.29) is 26.8 Å². The number of hydrogen-bond acceptors (Lipinski definition) is 3. The molecule has 1 aromatic carbocycles. The Morgan fingerprint density at radius 3 is 2.48 bits per heavy atom. The lowest BCUT2D eigenvalue weighted by molar-refractivity contribution is 0.0950. The van der Waals surface area contributed by atoms with Gasteiger partial charge < -0.3 is 5.32 Å². The van der Waals surface area contributed by atoms with Crippen LogP contribution < -0.4 is 5.32 Å². The molecular weight excluding hydrogens is 333 g/mol. The van der Waals surface area contributed by atoms with Gasteiger partial charge in [-0.15, -0.1) is 0 Å². The van der Waals surface area contributed by atoms with Crippen molar-refractivity contribution in [1.82, 2.24) is 5.32 Å². The van der Waals surface area contributed by atoms with Gasteiger partial charge in [0.15, 0.2) is 0 Å². The Hall–Kier alpha value is -0.780.